The van der Waals surface area contributed by atoms with Crippen LogP contribution in [0.1, 0.15) is 16.7 Å². The molecule has 0 aliphatic carbocycles. The van der Waals surface area contributed by atoms with E-state index in [1.165, 1.54) is 6.07 Å². The van der Waals surface area contributed by atoms with Gasteiger partial charge in [-0.3, -0.25) is 0 Å². The van der Waals surface area contributed by atoms with E-state index >= 15 is 0 Å². The molecule has 0 aliphatic heterocycles. The van der Waals surface area contributed by atoms with E-state index in [1.54, 1.807) is 0 Å². The number of hydrogen-bond acceptors (Lipinski definition) is 2. The molecule has 112 valence electrons. The number of benzene rings is 1. The highest BCUT2D eigenvalue weighted by atomic mass is 19.4. The van der Waals surface area contributed by atoms with Crippen LogP contribution in [-0.2, 0) is 17.1 Å². The van der Waals surface area contributed by atoms with Crippen molar-refractivity contribution in [1.29, 1.82) is 5.26 Å². The number of nitriles is 1. The summed E-state index contributed by atoms with van der Waals surface area (Å²) in [5.41, 5.74) is -5.22. The highest BCUT2D eigenvalue weighted by Gasteiger charge is 2.42. The number of halogens is 6. The van der Waals surface area contributed by atoms with E-state index in [1.807, 2.05) is 0 Å². The summed E-state index contributed by atoms with van der Waals surface area (Å²) in [5, 5.41) is 17.0. The molecule has 0 aliphatic rings. The maximum absolute atomic E-state index is 12.6. The molecule has 9 heteroatoms. The largest absolute Gasteiger partial charge is 0.477 e. The van der Waals surface area contributed by atoms with E-state index in [4.69, 9.17) is 10.4 Å². The molecule has 0 aromatic heterocycles. The summed E-state index contributed by atoms with van der Waals surface area (Å²) in [6.07, 6.45) is -9.93. The summed E-state index contributed by atoms with van der Waals surface area (Å²) in [6.45, 7) is 0. The minimum Gasteiger partial charge on any atom is -0.477 e. The highest BCUT2D eigenvalue weighted by molar-refractivity contribution is 5.96. The Kier molecular flexibility index (Phi) is 4.32. The maximum atomic E-state index is 12.6. The minimum absolute atomic E-state index is 0.142. The van der Waals surface area contributed by atoms with Crippen LogP contribution in [0.5, 0.6) is 0 Å². The SMILES string of the molecule is N#C/C(=C\c1ccc(C(F)(F)F)c(C(F)(F)F)c1)C(=O)O. The van der Waals surface area contributed by atoms with E-state index in [2.05, 4.69) is 0 Å². The molecular formula is C12H5F6NO2. The van der Waals surface area contributed by atoms with E-state index in [0.717, 1.165) is 0 Å². The standard InChI is InChI=1S/C12H5F6NO2/c13-11(14,15)8-2-1-6(3-7(5-19)10(20)21)4-9(8)12(16,17)18/h1-4H,(H,20,21)/b7-3+. The van der Waals surface area contributed by atoms with Crippen molar-refractivity contribution in [3.8, 4) is 6.07 Å². The van der Waals surface area contributed by atoms with Crippen LogP contribution in [0.4, 0.5) is 26.3 Å². The number of nitrogens with zero attached hydrogens (tertiary/aromatic N) is 1. The third-order valence-electron chi connectivity index (χ3n) is 2.32. The van der Waals surface area contributed by atoms with Crippen LogP contribution in [0.2, 0.25) is 0 Å². The number of aliphatic carboxylic acids is 1. The lowest BCUT2D eigenvalue weighted by atomic mass is 10.0. The first-order chi connectivity index (χ1) is 9.46. The second-order valence-electron chi connectivity index (χ2n) is 3.78. The van der Waals surface area contributed by atoms with Gasteiger partial charge in [0.2, 0.25) is 0 Å². The fraction of sp³-hybridized carbons (Fsp3) is 0.167. The Morgan fingerprint density at radius 2 is 1.62 bits per heavy atom. The van der Waals surface area contributed by atoms with Gasteiger partial charge < -0.3 is 5.11 Å². The van der Waals surface area contributed by atoms with E-state index in [0.29, 0.717) is 12.1 Å². The number of carbonyl (C=O) groups is 1. The molecule has 21 heavy (non-hydrogen) atoms. The van der Waals surface area contributed by atoms with Crippen LogP contribution in [0.3, 0.4) is 0 Å². The van der Waals surface area contributed by atoms with Crippen LogP contribution in [0.25, 0.3) is 6.08 Å². The van der Waals surface area contributed by atoms with Gasteiger partial charge in [0, 0.05) is 0 Å². The molecule has 1 N–H and O–H groups in total. The quantitative estimate of drug-likeness (QED) is 0.514. The molecule has 0 spiro atoms. The van der Waals surface area contributed by atoms with E-state index in [9.17, 15) is 31.1 Å². The first-order valence-corrected chi connectivity index (χ1v) is 5.10. The first kappa shape index (κ1) is 16.6. The maximum Gasteiger partial charge on any atom is 0.417 e. The molecule has 0 heterocycles. The topological polar surface area (TPSA) is 61.1 Å². The lowest BCUT2D eigenvalue weighted by Crippen LogP contribution is -2.16. The van der Waals surface area contributed by atoms with Crippen molar-refractivity contribution in [3.05, 3.63) is 40.5 Å². The molecule has 0 fully saturated rings. The lowest BCUT2D eigenvalue weighted by Gasteiger charge is -2.15. The average molecular weight is 309 g/mol. The van der Waals surface area contributed by atoms with Gasteiger partial charge in [0.1, 0.15) is 11.6 Å². The molecule has 0 radical (unpaired) electrons. The van der Waals surface area contributed by atoms with Crippen LogP contribution < -0.4 is 0 Å². The monoisotopic (exact) mass is 309 g/mol. The fourth-order valence-corrected chi connectivity index (χ4v) is 1.44. The van der Waals surface area contributed by atoms with Gasteiger partial charge in [0.05, 0.1) is 11.1 Å². The Morgan fingerprint density at radius 3 is 2.00 bits per heavy atom. The van der Waals surface area contributed by atoms with Crippen LogP contribution in [0.15, 0.2) is 23.8 Å². The summed E-state index contributed by atoms with van der Waals surface area (Å²) < 4.78 is 75.4. The molecule has 1 rings (SSSR count). The number of alkyl halides is 6. The predicted octanol–water partition coefficient (Wildman–Crippen LogP) is 3.72. The van der Waals surface area contributed by atoms with E-state index < -0.39 is 40.6 Å². The predicted molar refractivity (Wildman–Crippen MR) is 57.7 cm³/mol. The second-order valence-corrected chi connectivity index (χ2v) is 3.78. The number of carboxylic acid groups (broad SMARTS) is 1. The summed E-state index contributed by atoms with van der Waals surface area (Å²) in [4.78, 5) is 10.5. The molecule has 1 aromatic rings. The summed E-state index contributed by atoms with van der Waals surface area (Å²) in [7, 11) is 0. The van der Waals surface area contributed by atoms with Crippen molar-refractivity contribution in [1.82, 2.24) is 0 Å². The van der Waals surface area contributed by atoms with Crippen molar-refractivity contribution in [3.63, 3.8) is 0 Å². The summed E-state index contributed by atoms with van der Waals surface area (Å²) >= 11 is 0. The van der Waals surface area contributed by atoms with Crippen LogP contribution in [-0.4, -0.2) is 11.1 Å². The van der Waals surface area contributed by atoms with Gasteiger partial charge in [-0.15, -0.1) is 0 Å². The lowest BCUT2D eigenvalue weighted by molar-refractivity contribution is -0.162. The Balaban J connectivity index is 3.50. The zero-order chi connectivity index (χ0) is 16.4. The van der Waals surface area contributed by atoms with Gasteiger partial charge in [0.15, 0.2) is 0 Å². The second kappa shape index (κ2) is 5.47. The molecular weight excluding hydrogens is 304 g/mol. The minimum atomic E-state index is -5.27. The number of rotatable bonds is 2. The Morgan fingerprint density at radius 1 is 1.10 bits per heavy atom. The Labute approximate surface area is 113 Å². The normalized spacial score (nSPS) is 12.9. The molecule has 0 saturated carbocycles. The van der Waals surface area contributed by atoms with Crippen molar-refractivity contribution < 1.29 is 36.2 Å². The van der Waals surface area contributed by atoms with Crippen molar-refractivity contribution >= 4 is 12.0 Å². The number of hydrogen-bond donors (Lipinski definition) is 1. The van der Waals surface area contributed by atoms with E-state index in [-0.39, 0.29) is 12.1 Å². The van der Waals surface area contributed by atoms with Gasteiger partial charge in [-0.2, -0.15) is 31.6 Å². The molecule has 0 atom stereocenters. The van der Waals surface area contributed by atoms with Crippen molar-refractivity contribution in [2.24, 2.45) is 0 Å². The highest BCUT2D eigenvalue weighted by Crippen LogP contribution is 2.40. The average Bonchev–Trinajstić information content (AvgIpc) is 2.33. The third-order valence-corrected chi connectivity index (χ3v) is 2.32. The van der Waals surface area contributed by atoms with Gasteiger partial charge in [-0.25, -0.2) is 4.79 Å². The van der Waals surface area contributed by atoms with Gasteiger partial charge in [0.25, 0.3) is 0 Å². The molecule has 0 bridgehead atoms. The molecule has 0 saturated heterocycles. The van der Waals surface area contributed by atoms with Crippen molar-refractivity contribution in [2.45, 2.75) is 12.4 Å². The van der Waals surface area contributed by atoms with Gasteiger partial charge in [-0.05, 0) is 23.8 Å². The van der Waals surface area contributed by atoms with Crippen LogP contribution >= 0.6 is 0 Å². The fourth-order valence-electron chi connectivity index (χ4n) is 1.44. The Hall–Kier alpha value is -2.50. The summed E-state index contributed by atoms with van der Waals surface area (Å²) in [5.74, 6) is -1.70. The molecule has 1 aromatic carbocycles. The Bertz CT molecular complexity index is 637. The van der Waals surface area contributed by atoms with Crippen LogP contribution in [0, 0.1) is 11.3 Å². The zero-order valence-electron chi connectivity index (χ0n) is 9.88. The van der Waals surface area contributed by atoms with Crippen molar-refractivity contribution in [2.75, 3.05) is 0 Å². The van der Waals surface area contributed by atoms with Gasteiger partial charge in [-0.1, -0.05) is 6.07 Å². The smallest absolute Gasteiger partial charge is 0.417 e. The third kappa shape index (κ3) is 3.98. The summed E-state index contributed by atoms with van der Waals surface area (Å²) in [6, 6.07) is 2.19. The number of carboxylic acids is 1. The molecule has 3 nitrogen and oxygen atoms in total. The first-order valence-electron chi connectivity index (χ1n) is 5.10. The van der Waals surface area contributed by atoms with Gasteiger partial charge >= 0.3 is 18.3 Å². The molecule has 0 unspecified atom stereocenters. The zero-order valence-corrected chi connectivity index (χ0v) is 9.88. The molecule has 0 amide bonds.